The Bertz CT molecular complexity index is 1100. The lowest BCUT2D eigenvalue weighted by molar-refractivity contribution is 0.0901. The number of allylic oxidation sites excluding steroid dienone is 1. The highest BCUT2D eigenvalue weighted by molar-refractivity contribution is 6.78. The Morgan fingerprint density at radius 2 is 0.696 bits per heavy atom. The van der Waals surface area contributed by atoms with Crippen LogP contribution in [-0.2, 0) is 13.3 Å². The quantitative estimate of drug-likeness (QED) is 0.138. The predicted molar refractivity (Wildman–Crippen MR) is 206 cm³/mol. The number of hydrogen-bond acceptors (Lipinski definition) is 4. The van der Waals surface area contributed by atoms with Gasteiger partial charge < -0.3 is 18.4 Å². The van der Waals surface area contributed by atoms with Crippen LogP contribution in [0.1, 0.15) is 125 Å². The van der Waals surface area contributed by atoms with Crippen LogP contribution in [-0.4, -0.2) is 54.5 Å². The van der Waals surface area contributed by atoms with Crippen LogP contribution < -0.4 is 0 Å². The Hall–Kier alpha value is -1.09. The van der Waals surface area contributed by atoms with Crippen molar-refractivity contribution < 1.29 is 18.4 Å². The van der Waals surface area contributed by atoms with E-state index in [1.54, 1.807) is 12.2 Å². The Morgan fingerprint density at radius 3 is 1.00 bits per heavy atom. The van der Waals surface area contributed by atoms with Crippen LogP contribution >= 0.6 is 0 Å². The van der Waals surface area contributed by atoms with E-state index in [1.807, 2.05) is 0 Å². The van der Waals surface area contributed by atoms with Gasteiger partial charge in [-0.1, -0.05) is 148 Å². The Morgan fingerprint density at radius 1 is 0.435 bits per heavy atom. The molecule has 0 aromatic carbocycles. The molecule has 0 radical (unpaired) electrons. The highest BCUT2D eigenvalue weighted by atomic mass is 28.4. The van der Waals surface area contributed by atoms with E-state index in [9.17, 15) is 5.11 Å². The highest BCUT2D eigenvalue weighted by Crippen LogP contribution is 2.46. The molecule has 1 aliphatic rings. The number of aliphatic hydroxyl groups is 1. The largest absolute Gasteiger partial charge is 0.400 e. The van der Waals surface area contributed by atoms with Crippen molar-refractivity contribution >= 4 is 25.0 Å². The first kappa shape index (κ1) is 42.9. The molecule has 1 aliphatic carbocycles. The molecule has 0 amide bonds. The van der Waals surface area contributed by atoms with Gasteiger partial charge in [0, 0.05) is 0 Å². The molecule has 0 bridgehead atoms. The molecule has 0 spiro atoms. The highest BCUT2D eigenvalue weighted by Gasteiger charge is 2.51. The van der Waals surface area contributed by atoms with Crippen LogP contribution in [0, 0.1) is 35.5 Å². The normalized spacial score (nSPS) is 22.3. The molecule has 0 fully saturated rings. The molecule has 0 aromatic rings. The summed E-state index contributed by atoms with van der Waals surface area (Å²) in [6.45, 7) is 41.0. The summed E-state index contributed by atoms with van der Waals surface area (Å²) in [6, 6.07) is 0. The molecule has 1 unspecified atom stereocenters. The summed E-state index contributed by atoms with van der Waals surface area (Å²) in [6.07, 6.45) is 0.785. The molecule has 0 saturated heterocycles. The van der Waals surface area contributed by atoms with Crippen molar-refractivity contribution in [1.82, 2.24) is 0 Å². The SMILES string of the molecule is CC(C)[Si](OC1C#CC#C[C@H](O[Si](C(C)C)(C(C)C)C(C)C)[C@@H](O)/C=C/C#C[C@@H]1O[Si](C(C)C)(C(C)C)C(C)C)(C(C)C)C(C)C. The average Bonchev–Trinajstić information content (AvgIpc) is 2.91. The zero-order chi connectivity index (χ0) is 35.8. The van der Waals surface area contributed by atoms with Crippen LogP contribution in [0.2, 0.25) is 49.9 Å². The summed E-state index contributed by atoms with van der Waals surface area (Å²) < 4.78 is 21.7. The number of aliphatic hydroxyl groups excluding tert-OH is 1. The molecule has 7 heteroatoms. The third-order valence-electron chi connectivity index (χ3n) is 10.8. The van der Waals surface area contributed by atoms with Gasteiger partial charge in [0.25, 0.3) is 0 Å². The summed E-state index contributed by atoms with van der Waals surface area (Å²) in [4.78, 5) is 0. The Balaban J connectivity index is 4.00. The van der Waals surface area contributed by atoms with Gasteiger partial charge in [-0.15, -0.1) is 0 Å². The van der Waals surface area contributed by atoms with Crippen LogP contribution in [0.3, 0.4) is 0 Å². The van der Waals surface area contributed by atoms with Crippen molar-refractivity contribution in [3.8, 4) is 35.5 Å². The minimum Gasteiger partial charge on any atom is -0.400 e. The topological polar surface area (TPSA) is 47.9 Å². The molecule has 0 aromatic heterocycles. The van der Waals surface area contributed by atoms with Crippen LogP contribution in [0.25, 0.3) is 0 Å². The standard InChI is InChI=1S/C39H70O4Si3/c1-27(2)44(28(3)4,29(5)6)41-37-24-21-22-26-39(43-46(33(13)14,34(15)16)35(17)18)38(25-20-19-23-36(37)40)42-45(30(7)8,31(9)10)32(11)12/h19,23,27-40H,1-18H3/b23-19+/t36-,37-,38-,39?/m0/s1. The van der Waals surface area contributed by atoms with Crippen LogP contribution in [0.5, 0.6) is 0 Å². The molecule has 1 N–H and O–H groups in total. The molecule has 0 aliphatic heterocycles. The van der Waals surface area contributed by atoms with E-state index in [-0.39, 0.29) is 0 Å². The maximum absolute atomic E-state index is 11.4. The monoisotopic (exact) mass is 686 g/mol. The van der Waals surface area contributed by atoms with Crippen LogP contribution in [0.15, 0.2) is 12.2 Å². The second-order valence-corrected chi connectivity index (χ2v) is 32.5. The third kappa shape index (κ3) is 9.32. The summed E-state index contributed by atoms with van der Waals surface area (Å²) in [5.41, 5.74) is 3.38. The number of rotatable bonds is 15. The van der Waals surface area contributed by atoms with Crippen molar-refractivity contribution in [3.05, 3.63) is 12.2 Å². The van der Waals surface area contributed by atoms with E-state index in [0.717, 1.165) is 0 Å². The van der Waals surface area contributed by atoms with Gasteiger partial charge in [-0.25, -0.2) is 0 Å². The van der Waals surface area contributed by atoms with Crippen molar-refractivity contribution in [1.29, 1.82) is 0 Å². The van der Waals surface area contributed by atoms with Gasteiger partial charge in [0.05, 0.1) is 0 Å². The first-order chi connectivity index (χ1) is 21.2. The van der Waals surface area contributed by atoms with Crippen molar-refractivity contribution in [2.24, 2.45) is 0 Å². The molecule has 0 saturated carbocycles. The Kier molecular flexibility index (Phi) is 16.9. The van der Waals surface area contributed by atoms with Gasteiger partial charge in [0.1, 0.15) is 24.4 Å². The first-order valence-corrected chi connectivity index (χ1v) is 24.5. The lowest BCUT2D eigenvalue weighted by Crippen LogP contribution is -2.56. The van der Waals surface area contributed by atoms with Crippen molar-refractivity contribution in [3.63, 3.8) is 0 Å². The van der Waals surface area contributed by atoms with E-state index >= 15 is 0 Å². The van der Waals surface area contributed by atoms with E-state index in [0.29, 0.717) is 49.9 Å². The van der Waals surface area contributed by atoms with E-state index in [4.69, 9.17) is 13.3 Å². The molecule has 4 atom stereocenters. The molecule has 4 nitrogen and oxygen atoms in total. The molecule has 0 heterocycles. The van der Waals surface area contributed by atoms with Gasteiger partial charge in [-0.3, -0.25) is 0 Å². The fraction of sp³-hybridized carbons (Fsp3) is 0.795. The van der Waals surface area contributed by atoms with E-state index in [2.05, 4.69) is 160 Å². The molecule has 46 heavy (non-hydrogen) atoms. The second-order valence-electron chi connectivity index (χ2n) is 16.2. The average molecular weight is 687 g/mol. The fourth-order valence-corrected chi connectivity index (χ4v) is 25.3. The lowest BCUT2D eigenvalue weighted by Gasteiger charge is -2.47. The minimum absolute atomic E-state index is 0.363. The smallest absolute Gasteiger partial charge is 0.202 e. The van der Waals surface area contributed by atoms with Crippen molar-refractivity contribution in [2.45, 2.75) is 199 Å². The predicted octanol–water partition coefficient (Wildman–Crippen LogP) is 10.6. The fourth-order valence-electron chi connectivity index (χ4n) is 9.00. The zero-order valence-corrected chi connectivity index (χ0v) is 35.8. The second kappa shape index (κ2) is 18.1. The van der Waals surface area contributed by atoms with E-state index in [1.165, 1.54) is 0 Å². The van der Waals surface area contributed by atoms with Crippen molar-refractivity contribution in [2.75, 3.05) is 0 Å². The summed E-state index contributed by atoms with van der Waals surface area (Å²) in [5, 5.41) is 11.4. The minimum atomic E-state index is -2.36. The molecular formula is C39H70O4Si3. The summed E-state index contributed by atoms with van der Waals surface area (Å²) in [5.74, 6) is 19.7. The van der Waals surface area contributed by atoms with Gasteiger partial charge in [0.15, 0.2) is 0 Å². The maximum Gasteiger partial charge on any atom is 0.202 e. The van der Waals surface area contributed by atoms with Crippen LogP contribution in [0.4, 0.5) is 0 Å². The zero-order valence-electron chi connectivity index (χ0n) is 32.8. The van der Waals surface area contributed by atoms with E-state index < -0.39 is 49.4 Å². The maximum atomic E-state index is 11.4. The molecule has 1 rings (SSSR count). The molecular weight excluding hydrogens is 617 g/mol. The Labute approximate surface area is 289 Å². The molecule has 262 valence electrons. The third-order valence-corrected chi connectivity index (χ3v) is 29.0. The van der Waals surface area contributed by atoms with Gasteiger partial charge in [-0.05, 0) is 73.9 Å². The first-order valence-electron chi connectivity index (χ1n) is 18.1. The van der Waals surface area contributed by atoms with Gasteiger partial charge in [-0.2, -0.15) is 0 Å². The summed E-state index contributed by atoms with van der Waals surface area (Å²) >= 11 is 0. The summed E-state index contributed by atoms with van der Waals surface area (Å²) in [7, 11) is -7.02. The lowest BCUT2D eigenvalue weighted by atomic mass is 10.1. The van der Waals surface area contributed by atoms with Gasteiger partial charge in [0.2, 0.25) is 25.0 Å². The van der Waals surface area contributed by atoms with Gasteiger partial charge >= 0.3 is 0 Å². The number of hydrogen-bond donors (Lipinski definition) is 1.